The van der Waals surface area contributed by atoms with Crippen molar-refractivity contribution in [2.45, 2.75) is 119 Å². The molecular formula is C29H62N4O5. The van der Waals surface area contributed by atoms with E-state index in [1.54, 1.807) is 0 Å². The summed E-state index contributed by atoms with van der Waals surface area (Å²) in [5.41, 5.74) is 4.56. The summed E-state index contributed by atoms with van der Waals surface area (Å²) in [5, 5.41) is 8.98. The van der Waals surface area contributed by atoms with Crippen molar-refractivity contribution in [2.24, 2.45) is 11.7 Å². The van der Waals surface area contributed by atoms with Crippen LogP contribution in [0.4, 0.5) is 0 Å². The van der Waals surface area contributed by atoms with Crippen molar-refractivity contribution in [3.8, 4) is 0 Å². The highest BCUT2D eigenvalue weighted by atomic mass is 16.5. The lowest BCUT2D eigenvalue weighted by Gasteiger charge is -2.25. The molecule has 0 bridgehead atoms. The molecule has 0 aliphatic rings. The minimum atomic E-state index is -0.282. The normalized spacial score (nSPS) is 11.6. The number of hydrogen-bond acceptors (Lipinski definition) is 7. The quantitative estimate of drug-likeness (QED) is 0.160. The fraction of sp³-hybridized carbons (Fsp3) is 0.897. The van der Waals surface area contributed by atoms with Crippen molar-refractivity contribution < 1.29 is 23.9 Å². The molecule has 9 nitrogen and oxygen atoms in total. The largest absolute Gasteiger partial charge is 0.382 e. The lowest BCUT2D eigenvalue weighted by molar-refractivity contribution is -0.124. The number of carbonyl (C=O) groups excluding carboxylic acids is 3. The average molecular weight is 547 g/mol. The number of unbranched alkanes of at least 4 members (excludes halogenated alkanes) is 1. The molecule has 0 rings (SSSR count). The summed E-state index contributed by atoms with van der Waals surface area (Å²) in [7, 11) is 0. The second kappa shape index (κ2) is 28.5. The first-order chi connectivity index (χ1) is 18.0. The molecule has 9 heteroatoms. The fourth-order valence-corrected chi connectivity index (χ4v) is 3.33. The van der Waals surface area contributed by atoms with Crippen LogP contribution >= 0.6 is 0 Å². The molecule has 0 aromatic rings. The monoisotopic (exact) mass is 546 g/mol. The van der Waals surface area contributed by atoms with Gasteiger partial charge in [-0.15, -0.1) is 0 Å². The number of rotatable bonds is 21. The Hall–Kier alpha value is -1.55. The van der Waals surface area contributed by atoms with Gasteiger partial charge in [-0.05, 0) is 66.0 Å². The zero-order valence-electron chi connectivity index (χ0n) is 26.2. The summed E-state index contributed by atoms with van der Waals surface area (Å²) < 4.78 is 11.2. The van der Waals surface area contributed by atoms with Gasteiger partial charge in [-0.2, -0.15) is 0 Å². The minimum absolute atomic E-state index is 0.0241. The molecule has 0 aliphatic carbocycles. The number of ether oxygens (including phenoxy) is 2. The van der Waals surface area contributed by atoms with Crippen LogP contribution in [-0.2, 0) is 23.9 Å². The van der Waals surface area contributed by atoms with Gasteiger partial charge in [-0.3, -0.25) is 14.4 Å². The number of nitrogens with two attached hydrogens (primary N) is 1. The average Bonchev–Trinajstić information content (AvgIpc) is 2.87. The van der Waals surface area contributed by atoms with E-state index in [1.165, 1.54) is 0 Å². The molecule has 1 atom stereocenters. The fourth-order valence-electron chi connectivity index (χ4n) is 3.33. The van der Waals surface area contributed by atoms with Crippen molar-refractivity contribution in [3.05, 3.63) is 0 Å². The predicted molar refractivity (Wildman–Crippen MR) is 158 cm³/mol. The maximum absolute atomic E-state index is 12.2. The smallest absolute Gasteiger partial charge is 0.220 e. The highest BCUT2D eigenvalue weighted by Crippen LogP contribution is 2.14. The van der Waals surface area contributed by atoms with Crippen LogP contribution in [0.2, 0.25) is 0 Å². The van der Waals surface area contributed by atoms with E-state index in [0.29, 0.717) is 52.2 Å². The van der Waals surface area contributed by atoms with Gasteiger partial charge in [-0.25, -0.2) is 0 Å². The first kappa shape index (κ1) is 40.9. The molecule has 0 saturated carbocycles. The molecule has 5 N–H and O–H groups in total. The highest BCUT2D eigenvalue weighted by molar-refractivity contribution is 5.85. The molecule has 0 heterocycles. The van der Waals surface area contributed by atoms with Crippen molar-refractivity contribution in [1.29, 1.82) is 0 Å². The van der Waals surface area contributed by atoms with Gasteiger partial charge < -0.3 is 31.2 Å². The SMILES string of the molecule is CC.CCN.CCNC(CCCCNC(=O)CCCC(=O)NCCOC(C)(C)CCOCC)C(=O)C(C)C. The van der Waals surface area contributed by atoms with Crippen molar-refractivity contribution in [3.63, 3.8) is 0 Å². The van der Waals surface area contributed by atoms with Crippen LogP contribution < -0.4 is 21.7 Å². The van der Waals surface area contributed by atoms with Gasteiger partial charge in [0.25, 0.3) is 0 Å². The molecule has 0 aromatic heterocycles. The Morgan fingerprint density at radius 3 is 1.92 bits per heavy atom. The zero-order chi connectivity index (χ0) is 29.8. The molecule has 0 fully saturated rings. The number of amides is 2. The minimum Gasteiger partial charge on any atom is -0.382 e. The topological polar surface area (TPSA) is 132 Å². The lowest BCUT2D eigenvalue weighted by atomic mass is 9.97. The molecule has 38 heavy (non-hydrogen) atoms. The standard InChI is InChI=1S/C25H49N3O5.C2H7N.C2H6/c1-7-26-21(24(31)20(3)4)12-9-10-16-27-22(29)13-11-14-23(30)28-17-19-33-25(5,6)15-18-32-8-2;1-2-3;1-2/h20-21,26H,7-19H2,1-6H3,(H,27,29)(H,28,30);2-3H2,1H3;1-2H3. The van der Waals surface area contributed by atoms with Gasteiger partial charge >= 0.3 is 0 Å². The van der Waals surface area contributed by atoms with E-state index < -0.39 is 0 Å². The maximum Gasteiger partial charge on any atom is 0.220 e. The Labute approximate surface area is 234 Å². The second-order valence-electron chi connectivity index (χ2n) is 9.68. The molecule has 0 aromatic carbocycles. The van der Waals surface area contributed by atoms with Crippen LogP contribution in [0, 0.1) is 5.92 Å². The predicted octanol–water partition coefficient (Wildman–Crippen LogP) is 3.98. The zero-order valence-corrected chi connectivity index (χ0v) is 26.2. The molecule has 228 valence electrons. The Morgan fingerprint density at radius 2 is 1.42 bits per heavy atom. The van der Waals surface area contributed by atoms with Crippen molar-refractivity contribution >= 4 is 17.6 Å². The first-order valence-electron chi connectivity index (χ1n) is 14.8. The van der Waals surface area contributed by atoms with E-state index in [9.17, 15) is 14.4 Å². The third kappa shape index (κ3) is 27.5. The van der Waals surface area contributed by atoms with E-state index in [-0.39, 0.29) is 35.2 Å². The van der Waals surface area contributed by atoms with Gasteiger partial charge in [-0.1, -0.05) is 41.5 Å². The number of likely N-dealkylation sites (N-methyl/N-ethyl adjacent to an activating group) is 1. The summed E-state index contributed by atoms with van der Waals surface area (Å²) in [6, 6.07) is -0.101. The lowest BCUT2D eigenvalue weighted by Crippen LogP contribution is -2.39. The molecule has 0 aliphatic heterocycles. The number of carbonyl (C=O) groups is 3. The van der Waals surface area contributed by atoms with Crippen LogP contribution in [0.25, 0.3) is 0 Å². The molecule has 2 amide bonds. The Morgan fingerprint density at radius 1 is 0.868 bits per heavy atom. The number of Topliss-reactive ketones (excluding diaryl/α,β-unsaturated/α-hetero) is 1. The second-order valence-corrected chi connectivity index (χ2v) is 9.68. The number of ketones is 1. The van der Waals surface area contributed by atoms with Gasteiger partial charge in [0.15, 0.2) is 5.78 Å². The van der Waals surface area contributed by atoms with E-state index in [2.05, 4.69) is 16.0 Å². The summed E-state index contributed by atoms with van der Waals surface area (Å²) in [5.74, 6) is 0.165. The van der Waals surface area contributed by atoms with Gasteiger partial charge in [0.05, 0.1) is 18.2 Å². The Balaban J connectivity index is -0.00000227. The van der Waals surface area contributed by atoms with Gasteiger partial charge in [0, 0.05) is 45.1 Å². The molecule has 0 saturated heterocycles. The number of hydrogen-bond donors (Lipinski definition) is 4. The molecular weight excluding hydrogens is 484 g/mol. The van der Waals surface area contributed by atoms with Gasteiger partial charge in [0.1, 0.15) is 0 Å². The van der Waals surface area contributed by atoms with Crippen molar-refractivity contribution in [1.82, 2.24) is 16.0 Å². The summed E-state index contributed by atoms with van der Waals surface area (Å²) in [6.45, 7) is 22.1. The van der Waals surface area contributed by atoms with E-state index in [1.807, 2.05) is 62.3 Å². The summed E-state index contributed by atoms with van der Waals surface area (Å²) >= 11 is 0. The van der Waals surface area contributed by atoms with Crippen LogP contribution in [0.1, 0.15) is 107 Å². The summed E-state index contributed by atoms with van der Waals surface area (Å²) in [6.07, 6.45) is 4.47. The first-order valence-corrected chi connectivity index (χ1v) is 14.8. The van der Waals surface area contributed by atoms with Gasteiger partial charge in [0.2, 0.25) is 11.8 Å². The van der Waals surface area contributed by atoms with Crippen LogP contribution in [0.3, 0.4) is 0 Å². The van der Waals surface area contributed by atoms with Crippen LogP contribution in [0.15, 0.2) is 0 Å². The van der Waals surface area contributed by atoms with Crippen molar-refractivity contribution in [2.75, 3.05) is 46.0 Å². The molecule has 0 spiro atoms. The van der Waals surface area contributed by atoms with E-state index in [0.717, 1.165) is 38.8 Å². The van der Waals surface area contributed by atoms with E-state index >= 15 is 0 Å². The molecule has 0 radical (unpaired) electrons. The highest BCUT2D eigenvalue weighted by Gasteiger charge is 2.20. The van der Waals surface area contributed by atoms with E-state index in [4.69, 9.17) is 15.2 Å². The molecule has 1 unspecified atom stereocenters. The maximum atomic E-state index is 12.2. The van der Waals surface area contributed by atoms with Crippen LogP contribution in [-0.4, -0.2) is 75.2 Å². The Kier molecular flexibility index (Phi) is 30.7. The summed E-state index contributed by atoms with van der Waals surface area (Å²) in [4.78, 5) is 36.1. The van der Waals surface area contributed by atoms with Crippen LogP contribution in [0.5, 0.6) is 0 Å². The third-order valence-corrected chi connectivity index (χ3v) is 5.38. The Bertz CT molecular complexity index is 571. The number of nitrogens with one attached hydrogen (secondary N) is 3. The third-order valence-electron chi connectivity index (χ3n) is 5.38.